The summed E-state index contributed by atoms with van der Waals surface area (Å²) in [6.07, 6.45) is 1.75. The average molecular weight is 298 g/mol. The zero-order chi connectivity index (χ0) is 14.8. The van der Waals surface area contributed by atoms with Gasteiger partial charge in [-0.1, -0.05) is 25.1 Å². The van der Waals surface area contributed by atoms with E-state index in [1.54, 1.807) is 6.92 Å². The fourth-order valence-electron chi connectivity index (χ4n) is 1.94. The molecule has 0 fully saturated rings. The summed E-state index contributed by atoms with van der Waals surface area (Å²) < 4.78 is 22.6. The zero-order valence-corrected chi connectivity index (χ0v) is 13.3. The third-order valence-electron chi connectivity index (χ3n) is 3.29. The molecule has 0 spiro atoms. The standard InChI is InChI=1S/C15H26N2O2S/c1-3-20(18,19)14-8-12-16-11-7-13-17(2)15-9-5-4-6-10-15/h4-6,9-10,16H,3,7-8,11-14H2,1-2H3. The predicted octanol–water partition coefficient (Wildman–Crippen LogP) is 1.93. The Morgan fingerprint density at radius 1 is 1.10 bits per heavy atom. The minimum atomic E-state index is -2.81. The van der Waals surface area contributed by atoms with Gasteiger partial charge in [-0.2, -0.15) is 0 Å². The fraction of sp³-hybridized carbons (Fsp3) is 0.600. The summed E-state index contributed by atoms with van der Waals surface area (Å²) in [4.78, 5) is 2.23. The van der Waals surface area contributed by atoms with E-state index in [-0.39, 0.29) is 5.75 Å². The first-order chi connectivity index (χ1) is 9.55. The zero-order valence-electron chi connectivity index (χ0n) is 12.5. The summed E-state index contributed by atoms with van der Waals surface area (Å²) in [5, 5.41) is 3.30. The third-order valence-corrected chi connectivity index (χ3v) is 5.08. The van der Waals surface area contributed by atoms with Gasteiger partial charge in [0.15, 0.2) is 0 Å². The van der Waals surface area contributed by atoms with E-state index < -0.39 is 9.84 Å². The molecule has 0 saturated heterocycles. The molecule has 1 N–H and O–H groups in total. The van der Waals surface area contributed by atoms with Crippen molar-refractivity contribution in [1.82, 2.24) is 5.32 Å². The normalized spacial score (nSPS) is 11.5. The minimum Gasteiger partial charge on any atom is -0.375 e. The van der Waals surface area contributed by atoms with E-state index in [4.69, 9.17) is 0 Å². The lowest BCUT2D eigenvalue weighted by atomic mass is 10.3. The van der Waals surface area contributed by atoms with Crippen molar-refractivity contribution in [3.63, 3.8) is 0 Å². The Morgan fingerprint density at radius 3 is 2.40 bits per heavy atom. The molecule has 0 aliphatic carbocycles. The number of nitrogens with zero attached hydrogens (tertiary/aromatic N) is 1. The molecule has 0 saturated carbocycles. The Morgan fingerprint density at radius 2 is 1.75 bits per heavy atom. The highest BCUT2D eigenvalue weighted by Gasteiger charge is 2.05. The molecule has 0 bridgehead atoms. The van der Waals surface area contributed by atoms with Crippen molar-refractivity contribution in [2.45, 2.75) is 19.8 Å². The van der Waals surface area contributed by atoms with Crippen LogP contribution in [-0.2, 0) is 9.84 Å². The highest BCUT2D eigenvalue weighted by atomic mass is 32.2. The van der Waals surface area contributed by atoms with Crippen molar-refractivity contribution in [2.24, 2.45) is 0 Å². The molecule has 1 aromatic rings. The summed E-state index contributed by atoms with van der Waals surface area (Å²) in [5.41, 5.74) is 1.22. The van der Waals surface area contributed by atoms with Crippen LogP contribution >= 0.6 is 0 Å². The van der Waals surface area contributed by atoms with E-state index in [1.807, 2.05) is 18.2 Å². The number of anilines is 1. The molecule has 0 aliphatic heterocycles. The van der Waals surface area contributed by atoms with Crippen LogP contribution in [0, 0.1) is 0 Å². The lowest BCUT2D eigenvalue weighted by Gasteiger charge is -2.19. The second-order valence-corrected chi connectivity index (χ2v) is 7.42. The van der Waals surface area contributed by atoms with Gasteiger partial charge in [0.2, 0.25) is 0 Å². The van der Waals surface area contributed by atoms with Crippen LogP contribution in [-0.4, -0.2) is 46.6 Å². The maximum atomic E-state index is 11.3. The summed E-state index contributed by atoms with van der Waals surface area (Å²) in [7, 11) is -0.723. The monoisotopic (exact) mass is 298 g/mol. The first-order valence-electron chi connectivity index (χ1n) is 7.22. The average Bonchev–Trinajstić information content (AvgIpc) is 2.47. The first-order valence-corrected chi connectivity index (χ1v) is 9.04. The number of hydrogen-bond donors (Lipinski definition) is 1. The molecule has 5 heteroatoms. The van der Waals surface area contributed by atoms with Crippen molar-refractivity contribution < 1.29 is 8.42 Å². The molecule has 0 heterocycles. The molecule has 1 rings (SSSR count). The van der Waals surface area contributed by atoms with Crippen molar-refractivity contribution in [2.75, 3.05) is 43.1 Å². The van der Waals surface area contributed by atoms with Crippen molar-refractivity contribution >= 4 is 15.5 Å². The largest absolute Gasteiger partial charge is 0.375 e. The molecule has 4 nitrogen and oxygen atoms in total. The van der Waals surface area contributed by atoms with E-state index in [2.05, 4.69) is 29.4 Å². The SMILES string of the molecule is CCS(=O)(=O)CCCNCCCN(C)c1ccccc1. The molecule has 0 unspecified atom stereocenters. The van der Waals surface area contributed by atoms with Gasteiger partial charge in [0.1, 0.15) is 9.84 Å². The van der Waals surface area contributed by atoms with Gasteiger partial charge in [-0.05, 0) is 38.1 Å². The number of hydrogen-bond acceptors (Lipinski definition) is 4. The van der Waals surface area contributed by atoms with Crippen LogP contribution in [0.15, 0.2) is 30.3 Å². The lowest BCUT2D eigenvalue weighted by Crippen LogP contribution is -2.25. The Hall–Kier alpha value is -1.07. The third kappa shape index (κ3) is 6.91. The molecule has 0 aromatic heterocycles. The van der Waals surface area contributed by atoms with Gasteiger partial charge in [-0.15, -0.1) is 0 Å². The number of sulfone groups is 1. The second kappa shape index (κ2) is 8.97. The van der Waals surface area contributed by atoms with Gasteiger partial charge in [-0.25, -0.2) is 8.42 Å². The fourth-order valence-corrected chi connectivity index (χ4v) is 2.81. The summed E-state index contributed by atoms with van der Waals surface area (Å²) in [5.74, 6) is 0.537. The molecular weight excluding hydrogens is 272 g/mol. The second-order valence-electron chi connectivity index (χ2n) is 4.95. The van der Waals surface area contributed by atoms with Gasteiger partial charge < -0.3 is 10.2 Å². The Kier molecular flexibility index (Phi) is 7.62. The molecule has 1 aromatic carbocycles. The van der Waals surface area contributed by atoms with E-state index in [1.165, 1.54) is 5.69 Å². The molecule has 0 amide bonds. The van der Waals surface area contributed by atoms with E-state index in [0.717, 1.165) is 26.1 Å². The van der Waals surface area contributed by atoms with Gasteiger partial charge >= 0.3 is 0 Å². The quantitative estimate of drug-likeness (QED) is 0.671. The molecule has 114 valence electrons. The maximum absolute atomic E-state index is 11.3. The van der Waals surface area contributed by atoms with Crippen LogP contribution in [0.25, 0.3) is 0 Å². The lowest BCUT2D eigenvalue weighted by molar-refractivity contribution is 0.587. The van der Waals surface area contributed by atoms with Crippen LogP contribution in [0.2, 0.25) is 0 Å². The highest BCUT2D eigenvalue weighted by molar-refractivity contribution is 7.91. The number of nitrogens with one attached hydrogen (secondary N) is 1. The Bertz CT molecular complexity index is 460. The summed E-state index contributed by atoms with van der Waals surface area (Å²) in [6.45, 7) is 4.38. The van der Waals surface area contributed by atoms with E-state index in [9.17, 15) is 8.42 Å². The number of benzene rings is 1. The number of para-hydroxylation sites is 1. The molecular formula is C15H26N2O2S. The molecule has 20 heavy (non-hydrogen) atoms. The molecule has 0 radical (unpaired) electrons. The van der Waals surface area contributed by atoms with Crippen LogP contribution in [0.4, 0.5) is 5.69 Å². The topological polar surface area (TPSA) is 49.4 Å². The van der Waals surface area contributed by atoms with Crippen LogP contribution in [0.5, 0.6) is 0 Å². The summed E-state index contributed by atoms with van der Waals surface area (Å²) >= 11 is 0. The van der Waals surface area contributed by atoms with Gasteiger partial charge in [0, 0.05) is 25.0 Å². The van der Waals surface area contributed by atoms with Gasteiger partial charge in [-0.3, -0.25) is 0 Å². The highest BCUT2D eigenvalue weighted by Crippen LogP contribution is 2.10. The van der Waals surface area contributed by atoms with Gasteiger partial charge in [0.05, 0.1) is 5.75 Å². The minimum absolute atomic E-state index is 0.245. The Balaban J connectivity index is 2.05. The Labute approximate surface area is 123 Å². The van der Waals surface area contributed by atoms with E-state index in [0.29, 0.717) is 12.2 Å². The van der Waals surface area contributed by atoms with E-state index >= 15 is 0 Å². The number of rotatable bonds is 10. The smallest absolute Gasteiger partial charge is 0.150 e. The van der Waals surface area contributed by atoms with Crippen LogP contribution in [0.1, 0.15) is 19.8 Å². The predicted molar refractivity (Wildman–Crippen MR) is 86.1 cm³/mol. The van der Waals surface area contributed by atoms with Crippen molar-refractivity contribution in [1.29, 1.82) is 0 Å². The maximum Gasteiger partial charge on any atom is 0.150 e. The van der Waals surface area contributed by atoms with Gasteiger partial charge in [0.25, 0.3) is 0 Å². The summed E-state index contributed by atoms with van der Waals surface area (Å²) in [6, 6.07) is 10.3. The first kappa shape index (κ1) is 17.0. The molecule has 0 atom stereocenters. The van der Waals surface area contributed by atoms with Crippen molar-refractivity contribution in [3.8, 4) is 0 Å². The van der Waals surface area contributed by atoms with Crippen LogP contribution < -0.4 is 10.2 Å². The van der Waals surface area contributed by atoms with Crippen molar-refractivity contribution in [3.05, 3.63) is 30.3 Å². The van der Waals surface area contributed by atoms with Crippen LogP contribution in [0.3, 0.4) is 0 Å². The molecule has 0 aliphatic rings.